The van der Waals surface area contributed by atoms with Crippen molar-refractivity contribution in [2.45, 2.75) is 0 Å². The molecule has 0 radical (unpaired) electrons. The first kappa shape index (κ1) is 8.89. The second kappa shape index (κ2) is 5.45. The summed E-state index contributed by atoms with van der Waals surface area (Å²) in [5, 5.41) is 3.26. The molecule has 0 saturated carbocycles. The van der Waals surface area contributed by atoms with Crippen molar-refractivity contribution in [1.29, 1.82) is 0 Å². The first-order valence-corrected chi connectivity index (χ1v) is 3.76. The van der Waals surface area contributed by atoms with Crippen LogP contribution in [0.4, 0.5) is 0 Å². The van der Waals surface area contributed by atoms with E-state index in [1.807, 2.05) is 0 Å². The third kappa shape index (κ3) is 3.64. The first-order chi connectivity index (χ1) is 5.43. The molecule has 1 aliphatic heterocycles. The van der Waals surface area contributed by atoms with E-state index >= 15 is 0 Å². The van der Waals surface area contributed by atoms with Crippen LogP contribution in [0, 0.1) is 0 Å². The van der Waals surface area contributed by atoms with E-state index in [1.54, 1.807) is 0 Å². The Labute approximate surface area is 66.6 Å². The van der Waals surface area contributed by atoms with Crippen LogP contribution in [0.15, 0.2) is 0 Å². The zero-order valence-electron chi connectivity index (χ0n) is 6.80. The molecule has 1 fully saturated rings. The van der Waals surface area contributed by atoms with Gasteiger partial charge < -0.3 is 5.32 Å². The van der Waals surface area contributed by atoms with Crippen molar-refractivity contribution in [2.75, 3.05) is 40.0 Å². The van der Waals surface area contributed by atoms with Crippen molar-refractivity contribution < 1.29 is 9.68 Å². The molecule has 0 bridgehead atoms. The van der Waals surface area contributed by atoms with Crippen LogP contribution < -0.4 is 11.0 Å². The Kier molecular flexibility index (Phi) is 4.41. The zero-order chi connectivity index (χ0) is 7.94. The van der Waals surface area contributed by atoms with E-state index in [4.69, 9.17) is 4.84 Å². The Morgan fingerprint density at radius 1 is 1.45 bits per heavy atom. The lowest BCUT2D eigenvalue weighted by Crippen LogP contribution is -2.45. The van der Waals surface area contributed by atoms with Crippen LogP contribution in [0.2, 0.25) is 0 Å². The zero-order valence-corrected chi connectivity index (χ0v) is 6.80. The van der Waals surface area contributed by atoms with E-state index in [9.17, 15) is 0 Å². The standard InChI is InChI=1S/C6H15N3O2/c1-10-8-11-6-9-4-2-7-3-5-9/h7-8H,2-6H2,1H3. The molecule has 1 aliphatic rings. The van der Waals surface area contributed by atoms with E-state index in [0.29, 0.717) is 6.73 Å². The summed E-state index contributed by atoms with van der Waals surface area (Å²) in [7, 11) is 1.53. The molecule has 0 aromatic rings. The summed E-state index contributed by atoms with van der Waals surface area (Å²) in [5.74, 6) is 0. The van der Waals surface area contributed by atoms with Gasteiger partial charge in [0.1, 0.15) is 6.73 Å². The van der Waals surface area contributed by atoms with Gasteiger partial charge in [-0.1, -0.05) is 5.64 Å². The lowest BCUT2D eigenvalue weighted by atomic mass is 10.4. The molecule has 5 nitrogen and oxygen atoms in total. The van der Waals surface area contributed by atoms with E-state index in [0.717, 1.165) is 26.2 Å². The van der Waals surface area contributed by atoms with E-state index in [2.05, 4.69) is 20.7 Å². The molecular formula is C6H15N3O2. The van der Waals surface area contributed by atoms with Crippen LogP contribution in [0.1, 0.15) is 0 Å². The van der Waals surface area contributed by atoms with Gasteiger partial charge in [0.2, 0.25) is 0 Å². The summed E-state index contributed by atoms with van der Waals surface area (Å²) in [6.45, 7) is 4.72. The Bertz CT molecular complexity index is 95.8. The summed E-state index contributed by atoms with van der Waals surface area (Å²) in [4.78, 5) is 11.7. The van der Waals surface area contributed by atoms with E-state index in [1.165, 1.54) is 7.11 Å². The Hall–Kier alpha value is -0.200. The molecule has 0 atom stereocenters. The molecule has 11 heavy (non-hydrogen) atoms. The molecule has 1 saturated heterocycles. The number of rotatable bonds is 4. The topological polar surface area (TPSA) is 45.8 Å². The van der Waals surface area contributed by atoms with Crippen molar-refractivity contribution in [1.82, 2.24) is 15.9 Å². The quantitative estimate of drug-likeness (QED) is 0.406. The molecule has 5 heteroatoms. The normalized spacial score (nSPS) is 20.5. The van der Waals surface area contributed by atoms with Gasteiger partial charge in [-0.2, -0.15) is 0 Å². The predicted molar refractivity (Wildman–Crippen MR) is 40.5 cm³/mol. The minimum atomic E-state index is 0.579. The number of nitrogens with zero attached hydrogens (tertiary/aromatic N) is 1. The number of nitrogens with one attached hydrogen (secondary N) is 2. The van der Waals surface area contributed by atoms with Crippen LogP contribution in [0.5, 0.6) is 0 Å². The molecule has 0 aliphatic carbocycles. The lowest BCUT2D eigenvalue weighted by molar-refractivity contribution is -0.178. The van der Waals surface area contributed by atoms with Crippen LogP contribution in [0.3, 0.4) is 0 Å². The van der Waals surface area contributed by atoms with Crippen molar-refractivity contribution in [3.63, 3.8) is 0 Å². The monoisotopic (exact) mass is 161 g/mol. The minimum absolute atomic E-state index is 0.579. The molecule has 0 aromatic carbocycles. The number of hydrogen-bond donors (Lipinski definition) is 2. The Morgan fingerprint density at radius 3 is 2.82 bits per heavy atom. The van der Waals surface area contributed by atoms with Crippen molar-refractivity contribution in [3.8, 4) is 0 Å². The molecular weight excluding hydrogens is 146 g/mol. The highest BCUT2D eigenvalue weighted by atomic mass is 16.9. The van der Waals surface area contributed by atoms with Gasteiger partial charge in [-0.25, -0.2) is 0 Å². The average molecular weight is 161 g/mol. The molecule has 0 amide bonds. The number of hydrogen-bond acceptors (Lipinski definition) is 5. The molecule has 2 N–H and O–H groups in total. The van der Waals surface area contributed by atoms with Gasteiger partial charge in [0.05, 0.1) is 7.11 Å². The fourth-order valence-corrected chi connectivity index (χ4v) is 1.02. The van der Waals surface area contributed by atoms with Gasteiger partial charge >= 0.3 is 0 Å². The Morgan fingerprint density at radius 2 is 2.18 bits per heavy atom. The smallest absolute Gasteiger partial charge is 0.124 e. The largest absolute Gasteiger partial charge is 0.314 e. The molecule has 1 rings (SSSR count). The highest BCUT2D eigenvalue weighted by molar-refractivity contribution is 4.63. The maximum absolute atomic E-state index is 4.95. The highest BCUT2D eigenvalue weighted by Crippen LogP contribution is 1.90. The van der Waals surface area contributed by atoms with Crippen LogP contribution in [0.25, 0.3) is 0 Å². The summed E-state index contributed by atoms with van der Waals surface area (Å²) in [5.41, 5.74) is 2.33. The predicted octanol–water partition coefficient (Wildman–Crippen LogP) is -1.07. The third-order valence-corrected chi connectivity index (χ3v) is 1.60. The maximum atomic E-state index is 4.95. The Balaban J connectivity index is 1.96. The summed E-state index contributed by atoms with van der Waals surface area (Å²) < 4.78 is 0. The summed E-state index contributed by atoms with van der Waals surface area (Å²) in [6.07, 6.45) is 0. The van der Waals surface area contributed by atoms with E-state index in [-0.39, 0.29) is 0 Å². The average Bonchev–Trinajstić information content (AvgIpc) is 2.07. The molecule has 0 aromatic heterocycles. The van der Waals surface area contributed by atoms with Crippen molar-refractivity contribution in [3.05, 3.63) is 0 Å². The van der Waals surface area contributed by atoms with E-state index < -0.39 is 0 Å². The van der Waals surface area contributed by atoms with Gasteiger partial charge in [0.25, 0.3) is 0 Å². The van der Waals surface area contributed by atoms with Gasteiger partial charge in [-0.15, -0.1) is 0 Å². The van der Waals surface area contributed by atoms with Gasteiger partial charge in [0, 0.05) is 26.2 Å². The van der Waals surface area contributed by atoms with Gasteiger partial charge in [-0.3, -0.25) is 14.6 Å². The lowest BCUT2D eigenvalue weighted by Gasteiger charge is -2.26. The van der Waals surface area contributed by atoms with Gasteiger partial charge in [0.15, 0.2) is 0 Å². The first-order valence-electron chi connectivity index (χ1n) is 3.76. The second-order valence-electron chi connectivity index (χ2n) is 2.43. The molecule has 1 heterocycles. The molecule has 0 unspecified atom stereocenters. The van der Waals surface area contributed by atoms with Crippen LogP contribution in [-0.4, -0.2) is 44.9 Å². The van der Waals surface area contributed by atoms with Crippen LogP contribution in [-0.2, 0) is 9.68 Å². The second-order valence-corrected chi connectivity index (χ2v) is 2.43. The van der Waals surface area contributed by atoms with Gasteiger partial charge in [-0.05, 0) is 0 Å². The highest BCUT2D eigenvalue weighted by Gasteiger charge is 2.08. The molecule has 66 valence electrons. The summed E-state index contributed by atoms with van der Waals surface area (Å²) >= 11 is 0. The van der Waals surface area contributed by atoms with Crippen molar-refractivity contribution in [2.24, 2.45) is 0 Å². The summed E-state index contributed by atoms with van der Waals surface area (Å²) in [6, 6.07) is 0. The van der Waals surface area contributed by atoms with Crippen molar-refractivity contribution >= 4 is 0 Å². The SMILES string of the molecule is CONOCN1CCNCC1. The fraction of sp³-hybridized carbons (Fsp3) is 1.00. The molecule has 0 spiro atoms. The fourth-order valence-electron chi connectivity index (χ4n) is 1.02. The number of piperazine rings is 1. The third-order valence-electron chi connectivity index (χ3n) is 1.60. The minimum Gasteiger partial charge on any atom is -0.314 e. The van der Waals surface area contributed by atoms with Crippen LogP contribution >= 0.6 is 0 Å². The maximum Gasteiger partial charge on any atom is 0.124 e.